The van der Waals surface area contributed by atoms with Crippen LogP contribution in [-0.2, 0) is 0 Å². The lowest BCUT2D eigenvalue weighted by Crippen LogP contribution is -2.11. The average Bonchev–Trinajstić information content (AvgIpc) is 2.42. The SMILES string of the molecule is COc1ccc(C(c2ccc(C)cc2)C(C)Cl)cc1. The van der Waals surface area contributed by atoms with E-state index in [0.717, 1.165) is 5.75 Å². The molecule has 2 rings (SSSR count). The fraction of sp³-hybridized carbons (Fsp3) is 0.294. The zero-order chi connectivity index (χ0) is 13.8. The van der Waals surface area contributed by atoms with Crippen LogP contribution in [0.1, 0.15) is 29.5 Å². The molecule has 2 unspecified atom stereocenters. The number of halogens is 1. The lowest BCUT2D eigenvalue weighted by molar-refractivity contribution is 0.414. The molecule has 2 atom stereocenters. The van der Waals surface area contributed by atoms with Crippen LogP contribution in [0.4, 0.5) is 0 Å². The van der Waals surface area contributed by atoms with Gasteiger partial charge in [0.1, 0.15) is 5.75 Å². The van der Waals surface area contributed by atoms with Crippen LogP contribution in [-0.4, -0.2) is 12.5 Å². The summed E-state index contributed by atoms with van der Waals surface area (Å²) in [6.07, 6.45) is 0. The van der Waals surface area contributed by atoms with Gasteiger partial charge >= 0.3 is 0 Å². The summed E-state index contributed by atoms with van der Waals surface area (Å²) in [4.78, 5) is 0. The predicted octanol–water partition coefficient (Wildman–Crippen LogP) is 4.76. The molecule has 0 saturated carbocycles. The number of aryl methyl sites for hydroxylation is 1. The fourth-order valence-electron chi connectivity index (χ4n) is 2.31. The van der Waals surface area contributed by atoms with Gasteiger partial charge in [0.15, 0.2) is 0 Å². The van der Waals surface area contributed by atoms with Crippen molar-refractivity contribution in [1.29, 1.82) is 0 Å². The molecule has 0 spiro atoms. The van der Waals surface area contributed by atoms with Gasteiger partial charge in [-0.1, -0.05) is 42.0 Å². The van der Waals surface area contributed by atoms with Gasteiger partial charge in [-0.15, -0.1) is 11.6 Å². The van der Waals surface area contributed by atoms with Crippen molar-refractivity contribution >= 4 is 11.6 Å². The van der Waals surface area contributed by atoms with Crippen LogP contribution in [0.25, 0.3) is 0 Å². The summed E-state index contributed by atoms with van der Waals surface area (Å²) in [5, 5.41) is 0.0381. The molecule has 0 aromatic heterocycles. The third-order valence-electron chi connectivity index (χ3n) is 3.37. The van der Waals surface area contributed by atoms with Crippen molar-refractivity contribution in [3.05, 3.63) is 65.2 Å². The molecule has 2 heteroatoms. The molecule has 0 bridgehead atoms. The van der Waals surface area contributed by atoms with Crippen LogP contribution in [0, 0.1) is 6.92 Å². The van der Waals surface area contributed by atoms with Crippen molar-refractivity contribution < 1.29 is 4.74 Å². The molecule has 2 aromatic rings. The number of hydrogen-bond acceptors (Lipinski definition) is 1. The van der Waals surface area contributed by atoms with Crippen LogP contribution < -0.4 is 4.74 Å². The number of alkyl halides is 1. The third-order valence-corrected chi connectivity index (χ3v) is 3.62. The van der Waals surface area contributed by atoms with Crippen molar-refractivity contribution in [2.24, 2.45) is 0 Å². The Labute approximate surface area is 120 Å². The van der Waals surface area contributed by atoms with E-state index in [0.29, 0.717) is 0 Å². The number of methoxy groups -OCH3 is 1. The highest BCUT2D eigenvalue weighted by Gasteiger charge is 2.19. The molecule has 2 aromatic carbocycles. The van der Waals surface area contributed by atoms with Gasteiger partial charge in [0.05, 0.1) is 7.11 Å². The predicted molar refractivity (Wildman–Crippen MR) is 81.3 cm³/mol. The van der Waals surface area contributed by atoms with E-state index in [9.17, 15) is 0 Å². The summed E-state index contributed by atoms with van der Waals surface area (Å²) in [5.74, 6) is 1.07. The zero-order valence-electron chi connectivity index (χ0n) is 11.6. The number of rotatable bonds is 4. The summed E-state index contributed by atoms with van der Waals surface area (Å²) in [7, 11) is 1.68. The molecule has 0 saturated heterocycles. The highest BCUT2D eigenvalue weighted by molar-refractivity contribution is 6.21. The summed E-state index contributed by atoms with van der Waals surface area (Å²) >= 11 is 6.40. The Morgan fingerprint density at radius 2 is 1.37 bits per heavy atom. The normalized spacial score (nSPS) is 13.9. The Balaban J connectivity index is 2.36. The molecule has 0 N–H and O–H groups in total. The van der Waals surface area contributed by atoms with Crippen molar-refractivity contribution in [1.82, 2.24) is 0 Å². The van der Waals surface area contributed by atoms with Crippen LogP contribution in [0.15, 0.2) is 48.5 Å². The molecule has 0 fully saturated rings. The van der Waals surface area contributed by atoms with E-state index in [1.54, 1.807) is 7.11 Å². The molecule has 100 valence electrons. The minimum atomic E-state index is 0.0381. The first-order chi connectivity index (χ1) is 9.11. The van der Waals surface area contributed by atoms with E-state index in [4.69, 9.17) is 16.3 Å². The van der Waals surface area contributed by atoms with Gasteiger partial charge in [-0.3, -0.25) is 0 Å². The number of benzene rings is 2. The summed E-state index contributed by atoms with van der Waals surface area (Å²) in [5.41, 5.74) is 3.73. The first-order valence-electron chi connectivity index (χ1n) is 6.46. The van der Waals surface area contributed by atoms with Crippen molar-refractivity contribution in [2.45, 2.75) is 25.1 Å². The van der Waals surface area contributed by atoms with Gasteiger partial charge in [-0.2, -0.15) is 0 Å². The van der Waals surface area contributed by atoms with E-state index in [1.165, 1.54) is 16.7 Å². The van der Waals surface area contributed by atoms with E-state index in [2.05, 4.69) is 43.3 Å². The number of ether oxygens (including phenoxy) is 1. The average molecular weight is 275 g/mol. The fourth-order valence-corrected chi connectivity index (χ4v) is 2.60. The third kappa shape index (κ3) is 3.30. The first-order valence-corrected chi connectivity index (χ1v) is 6.90. The Bertz CT molecular complexity index is 514. The quantitative estimate of drug-likeness (QED) is 0.730. The van der Waals surface area contributed by atoms with Gasteiger partial charge in [0, 0.05) is 11.3 Å². The summed E-state index contributed by atoms with van der Waals surface area (Å²) in [6.45, 7) is 4.13. The van der Waals surface area contributed by atoms with E-state index < -0.39 is 0 Å². The second-order valence-electron chi connectivity index (χ2n) is 4.84. The molecule has 0 aliphatic heterocycles. The van der Waals surface area contributed by atoms with Gasteiger partial charge < -0.3 is 4.74 Å². The van der Waals surface area contributed by atoms with Crippen LogP contribution in [0.2, 0.25) is 0 Å². The first kappa shape index (κ1) is 14.0. The smallest absolute Gasteiger partial charge is 0.118 e. The topological polar surface area (TPSA) is 9.23 Å². The van der Waals surface area contributed by atoms with Crippen LogP contribution in [0.5, 0.6) is 5.75 Å². The van der Waals surface area contributed by atoms with E-state index >= 15 is 0 Å². The molecular formula is C17H19ClO. The molecule has 19 heavy (non-hydrogen) atoms. The maximum atomic E-state index is 6.40. The second kappa shape index (κ2) is 6.12. The zero-order valence-corrected chi connectivity index (χ0v) is 12.3. The molecule has 0 amide bonds. The largest absolute Gasteiger partial charge is 0.497 e. The molecule has 0 aliphatic carbocycles. The monoisotopic (exact) mass is 274 g/mol. The highest BCUT2D eigenvalue weighted by atomic mass is 35.5. The van der Waals surface area contributed by atoms with Crippen molar-refractivity contribution in [3.63, 3.8) is 0 Å². The van der Waals surface area contributed by atoms with E-state index in [-0.39, 0.29) is 11.3 Å². The minimum Gasteiger partial charge on any atom is -0.497 e. The van der Waals surface area contributed by atoms with E-state index in [1.807, 2.05) is 19.1 Å². The molecule has 0 radical (unpaired) electrons. The molecule has 1 nitrogen and oxygen atoms in total. The minimum absolute atomic E-state index is 0.0381. The maximum Gasteiger partial charge on any atom is 0.118 e. The van der Waals surface area contributed by atoms with Crippen LogP contribution in [0.3, 0.4) is 0 Å². The second-order valence-corrected chi connectivity index (χ2v) is 5.53. The molecule has 0 aliphatic rings. The lowest BCUT2D eigenvalue weighted by Gasteiger charge is -2.21. The van der Waals surface area contributed by atoms with Crippen molar-refractivity contribution in [3.8, 4) is 5.75 Å². The summed E-state index contributed by atoms with van der Waals surface area (Å²) < 4.78 is 5.20. The van der Waals surface area contributed by atoms with Gasteiger partial charge in [-0.05, 0) is 37.1 Å². The standard InChI is InChI=1S/C17H19ClO/c1-12-4-6-14(7-5-12)17(13(2)18)15-8-10-16(19-3)11-9-15/h4-11,13,17H,1-3H3. The highest BCUT2D eigenvalue weighted by Crippen LogP contribution is 2.32. The maximum absolute atomic E-state index is 6.40. The Morgan fingerprint density at radius 3 is 1.79 bits per heavy atom. The Hall–Kier alpha value is -1.47. The molecular weight excluding hydrogens is 256 g/mol. The van der Waals surface area contributed by atoms with Gasteiger partial charge in [0.2, 0.25) is 0 Å². The molecule has 0 heterocycles. The Kier molecular flexibility index (Phi) is 4.49. The summed E-state index contributed by atoms with van der Waals surface area (Å²) in [6, 6.07) is 16.7. The van der Waals surface area contributed by atoms with Crippen LogP contribution >= 0.6 is 11.6 Å². The van der Waals surface area contributed by atoms with Gasteiger partial charge in [-0.25, -0.2) is 0 Å². The van der Waals surface area contributed by atoms with Gasteiger partial charge in [0.25, 0.3) is 0 Å². The lowest BCUT2D eigenvalue weighted by atomic mass is 9.88. The Morgan fingerprint density at radius 1 is 0.895 bits per heavy atom. The number of hydrogen-bond donors (Lipinski definition) is 0. The van der Waals surface area contributed by atoms with Crippen molar-refractivity contribution in [2.75, 3.05) is 7.11 Å².